The fraction of sp³-hybridized carbons (Fsp3) is 0.308. The minimum absolute atomic E-state index is 0.0781. The molecule has 1 aliphatic heterocycles. The van der Waals surface area contributed by atoms with E-state index in [9.17, 15) is 9.18 Å². The number of nitrogens with one attached hydrogen (secondary N) is 1. The highest BCUT2D eigenvalue weighted by atomic mass is 35.5. The van der Waals surface area contributed by atoms with Crippen LogP contribution < -0.4 is 0 Å². The summed E-state index contributed by atoms with van der Waals surface area (Å²) in [5.41, 5.74) is 2.22. The van der Waals surface area contributed by atoms with Gasteiger partial charge in [-0.05, 0) is 6.07 Å². The van der Waals surface area contributed by atoms with E-state index < -0.39 is 12.4 Å². The van der Waals surface area contributed by atoms with E-state index in [0.717, 1.165) is 16.6 Å². The normalized spacial score (nSPS) is 14.8. The van der Waals surface area contributed by atoms with Crippen LogP contribution in [0.5, 0.6) is 0 Å². The molecule has 0 aliphatic carbocycles. The Labute approximate surface area is 113 Å². The van der Waals surface area contributed by atoms with Crippen molar-refractivity contribution in [2.24, 2.45) is 0 Å². The summed E-state index contributed by atoms with van der Waals surface area (Å²) in [7, 11) is 0. The van der Waals surface area contributed by atoms with Crippen molar-refractivity contribution in [3.8, 4) is 0 Å². The highest BCUT2D eigenvalue weighted by molar-refractivity contribution is 6.31. The standard InChI is InChI=1S/C13H12ClFN2O2/c14-9-2-1-7-8-5-17(11(19)6-18)4-3-10(8)16-13(7)12(9)15/h1-2,16,18H,3-6H2. The maximum absolute atomic E-state index is 13.9. The van der Waals surface area contributed by atoms with Crippen LogP contribution in [0.3, 0.4) is 0 Å². The SMILES string of the molecule is O=C(CO)N1CCc2[nH]c3c(F)c(Cl)ccc3c2C1. The van der Waals surface area contributed by atoms with Gasteiger partial charge in [-0.15, -0.1) is 0 Å². The van der Waals surface area contributed by atoms with Crippen molar-refractivity contribution >= 4 is 28.4 Å². The number of hydrogen-bond donors (Lipinski definition) is 2. The number of nitrogens with zero attached hydrogens (tertiary/aromatic N) is 1. The predicted molar refractivity (Wildman–Crippen MR) is 69.5 cm³/mol. The van der Waals surface area contributed by atoms with Crippen molar-refractivity contribution in [3.63, 3.8) is 0 Å². The van der Waals surface area contributed by atoms with Crippen molar-refractivity contribution in [1.82, 2.24) is 9.88 Å². The Hall–Kier alpha value is -1.59. The molecule has 19 heavy (non-hydrogen) atoms. The summed E-state index contributed by atoms with van der Waals surface area (Å²) in [6, 6.07) is 3.27. The van der Waals surface area contributed by atoms with Crippen LogP contribution in [0, 0.1) is 5.82 Å². The summed E-state index contributed by atoms with van der Waals surface area (Å²) >= 11 is 5.76. The zero-order valence-electron chi connectivity index (χ0n) is 10.0. The molecule has 3 rings (SSSR count). The van der Waals surface area contributed by atoms with Crippen molar-refractivity contribution in [2.75, 3.05) is 13.2 Å². The van der Waals surface area contributed by atoms with Gasteiger partial charge in [-0.3, -0.25) is 4.79 Å². The molecule has 1 aromatic heterocycles. The molecular weight excluding hydrogens is 271 g/mol. The van der Waals surface area contributed by atoms with Crippen LogP contribution in [-0.4, -0.2) is 34.0 Å². The van der Waals surface area contributed by atoms with Gasteiger partial charge in [0.15, 0.2) is 5.82 Å². The number of carbonyl (C=O) groups is 1. The molecule has 0 spiro atoms. The molecular formula is C13H12ClFN2O2. The van der Waals surface area contributed by atoms with E-state index in [2.05, 4.69) is 4.98 Å². The number of aromatic nitrogens is 1. The van der Waals surface area contributed by atoms with Gasteiger partial charge in [0.2, 0.25) is 5.91 Å². The Morgan fingerprint density at radius 1 is 1.53 bits per heavy atom. The Kier molecular flexibility index (Phi) is 2.95. The van der Waals surface area contributed by atoms with Gasteiger partial charge < -0.3 is 15.0 Å². The number of aliphatic hydroxyl groups is 1. The summed E-state index contributed by atoms with van der Waals surface area (Å²) in [4.78, 5) is 16.1. The zero-order chi connectivity index (χ0) is 13.6. The molecule has 1 amide bonds. The largest absolute Gasteiger partial charge is 0.387 e. The predicted octanol–water partition coefficient (Wildman–Crippen LogP) is 1.84. The fourth-order valence-electron chi connectivity index (χ4n) is 2.54. The monoisotopic (exact) mass is 282 g/mol. The first-order chi connectivity index (χ1) is 9.11. The van der Waals surface area contributed by atoms with E-state index >= 15 is 0 Å². The molecule has 4 nitrogen and oxygen atoms in total. The smallest absolute Gasteiger partial charge is 0.248 e. The highest BCUT2D eigenvalue weighted by Gasteiger charge is 2.24. The second kappa shape index (κ2) is 4.51. The van der Waals surface area contributed by atoms with Crippen LogP contribution >= 0.6 is 11.6 Å². The molecule has 0 saturated heterocycles. The van der Waals surface area contributed by atoms with Crippen LogP contribution in [0.4, 0.5) is 4.39 Å². The van der Waals surface area contributed by atoms with Gasteiger partial charge in [-0.2, -0.15) is 0 Å². The third-order valence-electron chi connectivity index (χ3n) is 3.53. The van der Waals surface area contributed by atoms with E-state index in [1.807, 2.05) is 0 Å². The maximum atomic E-state index is 13.9. The van der Waals surface area contributed by atoms with Crippen molar-refractivity contribution in [3.05, 3.63) is 34.2 Å². The van der Waals surface area contributed by atoms with Crippen LogP contribution in [0.2, 0.25) is 5.02 Å². The van der Waals surface area contributed by atoms with Crippen LogP contribution in [0.1, 0.15) is 11.3 Å². The lowest BCUT2D eigenvalue weighted by molar-refractivity contribution is -0.135. The number of carbonyl (C=O) groups excluding carboxylic acids is 1. The van der Waals surface area contributed by atoms with Crippen molar-refractivity contribution in [2.45, 2.75) is 13.0 Å². The minimum atomic E-state index is -0.502. The summed E-state index contributed by atoms with van der Waals surface area (Å²) < 4.78 is 13.9. The van der Waals surface area contributed by atoms with Gasteiger partial charge in [0.1, 0.15) is 6.61 Å². The van der Waals surface area contributed by atoms with Crippen molar-refractivity contribution < 1.29 is 14.3 Å². The molecule has 6 heteroatoms. The number of rotatable bonds is 1. The summed E-state index contributed by atoms with van der Waals surface area (Å²) in [5, 5.41) is 9.72. The lowest BCUT2D eigenvalue weighted by atomic mass is 10.0. The Morgan fingerprint density at radius 3 is 3.05 bits per heavy atom. The first kappa shape index (κ1) is 12.4. The molecule has 0 radical (unpaired) electrons. The van der Waals surface area contributed by atoms with Gasteiger partial charge in [-0.1, -0.05) is 17.7 Å². The van der Waals surface area contributed by atoms with Gasteiger partial charge >= 0.3 is 0 Å². The van der Waals surface area contributed by atoms with Gasteiger partial charge in [0.05, 0.1) is 10.5 Å². The van der Waals surface area contributed by atoms with E-state index in [1.165, 1.54) is 6.07 Å². The molecule has 1 aromatic carbocycles. The lowest BCUT2D eigenvalue weighted by Crippen LogP contribution is -2.37. The first-order valence-corrected chi connectivity index (χ1v) is 6.35. The lowest BCUT2D eigenvalue weighted by Gasteiger charge is -2.26. The maximum Gasteiger partial charge on any atom is 0.248 e. The molecule has 2 heterocycles. The third-order valence-corrected chi connectivity index (χ3v) is 3.82. The van der Waals surface area contributed by atoms with Crippen LogP contribution in [0.15, 0.2) is 12.1 Å². The average Bonchev–Trinajstić information content (AvgIpc) is 2.80. The second-order valence-electron chi connectivity index (χ2n) is 4.59. The van der Waals surface area contributed by atoms with Gasteiger partial charge in [0.25, 0.3) is 0 Å². The average molecular weight is 283 g/mol. The van der Waals surface area contributed by atoms with E-state index in [0.29, 0.717) is 25.0 Å². The molecule has 0 atom stereocenters. The number of amides is 1. The van der Waals surface area contributed by atoms with Gasteiger partial charge in [0, 0.05) is 36.2 Å². The van der Waals surface area contributed by atoms with Crippen LogP contribution in [-0.2, 0) is 17.8 Å². The summed E-state index contributed by atoms with van der Waals surface area (Å²) in [5.74, 6) is -0.775. The molecule has 1 aliphatic rings. The summed E-state index contributed by atoms with van der Waals surface area (Å²) in [6.45, 7) is 0.405. The quantitative estimate of drug-likeness (QED) is 0.838. The third kappa shape index (κ3) is 1.89. The second-order valence-corrected chi connectivity index (χ2v) is 5.00. The van der Waals surface area contributed by atoms with E-state index in [4.69, 9.17) is 16.7 Å². The molecule has 2 aromatic rings. The Bertz CT molecular complexity index is 668. The molecule has 0 bridgehead atoms. The number of benzene rings is 1. The summed E-state index contributed by atoms with van der Waals surface area (Å²) in [6.07, 6.45) is 0.618. The van der Waals surface area contributed by atoms with Gasteiger partial charge in [-0.25, -0.2) is 4.39 Å². The van der Waals surface area contributed by atoms with E-state index in [-0.39, 0.29) is 10.9 Å². The molecule has 0 unspecified atom stereocenters. The molecule has 100 valence electrons. The number of aromatic amines is 1. The topological polar surface area (TPSA) is 56.3 Å². The molecule has 2 N–H and O–H groups in total. The number of fused-ring (bicyclic) bond motifs is 3. The van der Waals surface area contributed by atoms with Crippen LogP contribution in [0.25, 0.3) is 10.9 Å². The minimum Gasteiger partial charge on any atom is -0.387 e. The van der Waals surface area contributed by atoms with E-state index in [1.54, 1.807) is 11.0 Å². The fourth-order valence-corrected chi connectivity index (χ4v) is 2.69. The molecule has 0 fully saturated rings. The Balaban J connectivity index is 2.09. The zero-order valence-corrected chi connectivity index (χ0v) is 10.8. The number of H-pyrrole nitrogens is 1. The highest BCUT2D eigenvalue weighted by Crippen LogP contribution is 2.31. The number of hydrogen-bond acceptors (Lipinski definition) is 2. The number of aliphatic hydroxyl groups excluding tert-OH is 1. The van der Waals surface area contributed by atoms with Crippen molar-refractivity contribution in [1.29, 1.82) is 0 Å². The molecule has 0 saturated carbocycles. The number of halogens is 2. The first-order valence-electron chi connectivity index (χ1n) is 5.98. The Morgan fingerprint density at radius 2 is 2.32 bits per heavy atom.